The van der Waals surface area contributed by atoms with Crippen LogP contribution in [0.2, 0.25) is 0 Å². The Morgan fingerprint density at radius 1 is 1.08 bits per heavy atom. The second-order valence-corrected chi connectivity index (χ2v) is 10.00. The number of fused-ring (bicyclic) bond motifs is 2. The zero-order valence-electron chi connectivity index (χ0n) is 21.2. The van der Waals surface area contributed by atoms with Crippen molar-refractivity contribution in [3.05, 3.63) is 77.9 Å². The monoisotopic (exact) mass is 534 g/mol. The van der Waals surface area contributed by atoms with Gasteiger partial charge in [-0.1, -0.05) is 11.3 Å². The molecule has 1 aromatic carbocycles. The highest BCUT2D eigenvalue weighted by Crippen LogP contribution is 2.35. The molecule has 12 heteroatoms. The van der Waals surface area contributed by atoms with Crippen molar-refractivity contribution in [2.75, 3.05) is 30.4 Å². The van der Waals surface area contributed by atoms with Gasteiger partial charge in [0, 0.05) is 48.7 Å². The van der Waals surface area contributed by atoms with Crippen molar-refractivity contribution >= 4 is 17.4 Å². The van der Waals surface area contributed by atoms with Gasteiger partial charge in [0.1, 0.15) is 11.5 Å². The van der Waals surface area contributed by atoms with E-state index in [1.54, 1.807) is 35.3 Å². The van der Waals surface area contributed by atoms with E-state index in [0.29, 0.717) is 23.5 Å². The molecule has 0 unspecified atom stereocenters. The van der Waals surface area contributed by atoms with E-state index in [1.807, 2.05) is 13.1 Å². The fourth-order valence-corrected chi connectivity index (χ4v) is 5.28. The van der Waals surface area contributed by atoms with Crippen LogP contribution in [0, 0.1) is 6.92 Å². The minimum Gasteiger partial charge on any atom is -0.364 e. The van der Waals surface area contributed by atoms with Crippen molar-refractivity contribution in [3.63, 3.8) is 0 Å². The molecule has 0 aliphatic carbocycles. The Bertz CT molecular complexity index is 1550. The SMILES string of the molecule is Cc1ccc(C(=O)Nc2cc(C(F)(F)F)ccn2)cc1-n1cc(-c2cncc(N3C[C@@H]4C[C@H]3CN4C)c2)nn1. The minimum atomic E-state index is -4.54. The number of carbonyl (C=O) groups is 1. The normalized spacial score (nSPS) is 19.1. The first-order valence-corrected chi connectivity index (χ1v) is 12.5. The molecule has 0 radical (unpaired) electrons. The molecular weight excluding hydrogens is 509 g/mol. The van der Waals surface area contributed by atoms with Crippen LogP contribution in [0.15, 0.2) is 61.2 Å². The van der Waals surface area contributed by atoms with Gasteiger partial charge in [-0.3, -0.25) is 14.7 Å². The number of nitrogens with zero attached hydrogens (tertiary/aromatic N) is 7. The summed E-state index contributed by atoms with van der Waals surface area (Å²) < 4.78 is 40.6. The summed E-state index contributed by atoms with van der Waals surface area (Å²) in [6.45, 7) is 3.88. The molecule has 9 nitrogen and oxygen atoms in total. The number of benzene rings is 1. The van der Waals surface area contributed by atoms with E-state index in [4.69, 9.17) is 0 Å². The smallest absolute Gasteiger partial charge is 0.364 e. The summed E-state index contributed by atoms with van der Waals surface area (Å²) in [5.74, 6) is -0.781. The van der Waals surface area contributed by atoms with E-state index < -0.39 is 17.6 Å². The summed E-state index contributed by atoms with van der Waals surface area (Å²) in [5, 5.41) is 11.0. The van der Waals surface area contributed by atoms with Crippen molar-refractivity contribution < 1.29 is 18.0 Å². The lowest BCUT2D eigenvalue weighted by Crippen LogP contribution is -2.44. The maximum absolute atomic E-state index is 13.0. The summed E-state index contributed by atoms with van der Waals surface area (Å²) >= 11 is 0. The molecule has 2 saturated heterocycles. The number of aryl methyl sites for hydroxylation is 1. The molecule has 2 atom stereocenters. The lowest BCUT2D eigenvalue weighted by atomic mass is 10.1. The molecule has 3 aromatic heterocycles. The first kappa shape index (κ1) is 25.0. The predicted octanol–water partition coefficient (Wildman–Crippen LogP) is 4.20. The van der Waals surface area contributed by atoms with Gasteiger partial charge in [0.05, 0.1) is 29.3 Å². The second-order valence-electron chi connectivity index (χ2n) is 10.00. The standard InChI is InChI=1S/C27H25F3N8O/c1-16-3-4-17(26(39)33-25-9-19(5-6-32-25)27(28,29)30)8-24(16)38-15-23(34-35-38)18-7-20(12-31-11-18)37-14-21-10-22(37)13-36(21)2/h3-9,11-12,15,21-22H,10,13-14H2,1-2H3,(H,32,33,39)/t21-,22-/m0/s1. The van der Waals surface area contributed by atoms with Crippen LogP contribution < -0.4 is 10.2 Å². The number of likely N-dealkylation sites (tertiary alicyclic amines) is 1. The first-order valence-electron chi connectivity index (χ1n) is 12.5. The number of halogens is 3. The van der Waals surface area contributed by atoms with E-state index in [9.17, 15) is 18.0 Å². The van der Waals surface area contributed by atoms with E-state index in [2.05, 4.69) is 48.5 Å². The van der Waals surface area contributed by atoms with Crippen molar-refractivity contribution in [1.29, 1.82) is 0 Å². The Kier molecular flexibility index (Phi) is 6.06. The number of carbonyl (C=O) groups excluding carboxylic acids is 1. The zero-order valence-corrected chi connectivity index (χ0v) is 21.2. The van der Waals surface area contributed by atoms with Crippen molar-refractivity contribution in [2.45, 2.75) is 31.6 Å². The maximum atomic E-state index is 13.0. The molecule has 1 N–H and O–H groups in total. The van der Waals surface area contributed by atoms with E-state index in [0.717, 1.165) is 54.7 Å². The molecule has 0 spiro atoms. The van der Waals surface area contributed by atoms with Crippen LogP contribution in [0.3, 0.4) is 0 Å². The topological polar surface area (TPSA) is 92.1 Å². The quantitative estimate of drug-likeness (QED) is 0.410. The van der Waals surface area contributed by atoms with Gasteiger partial charge in [-0.2, -0.15) is 13.2 Å². The number of hydrogen-bond acceptors (Lipinski definition) is 7. The second kappa shape index (κ2) is 9.45. The molecule has 0 saturated carbocycles. The lowest BCUT2D eigenvalue weighted by molar-refractivity contribution is -0.137. The van der Waals surface area contributed by atoms with Gasteiger partial charge >= 0.3 is 6.18 Å². The van der Waals surface area contributed by atoms with Gasteiger partial charge in [-0.15, -0.1) is 5.10 Å². The number of amides is 1. The predicted molar refractivity (Wildman–Crippen MR) is 139 cm³/mol. The van der Waals surface area contributed by atoms with Crippen LogP contribution in [-0.4, -0.2) is 68.0 Å². The van der Waals surface area contributed by atoms with Gasteiger partial charge in [0.25, 0.3) is 5.91 Å². The highest BCUT2D eigenvalue weighted by atomic mass is 19.4. The van der Waals surface area contributed by atoms with Gasteiger partial charge < -0.3 is 10.2 Å². The number of anilines is 2. The average Bonchev–Trinajstić information content (AvgIpc) is 3.65. The van der Waals surface area contributed by atoms with Gasteiger partial charge in [0.2, 0.25) is 0 Å². The van der Waals surface area contributed by atoms with Gasteiger partial charge in [-0.05, 0) is 56.3 Å². The zero-order chi connectivity index (χ0) is 27.3. The Labute approximate surface area is 222 Å². The Balaban J connectivity index is 1.22. The van der Waals surface area contributed by atoms with Crippen molar-refractivity contribution in [2.24, 2.45) is 0 Å². The third-order valence-electron chi connectivity index (χ3n) is 7.41. The third kappa shape index (κ3) is 4.83. The molecule has 2 bridgehead atoms. The number of hydrogen-bond donors (Lipinski definition) is 1. The molecule has 4 aromatic rings. The minimum absolute atomic E-state index is 0.190. The van der Waals surface area contributed by atoms with Crippen LogP contribution in [-0.2, 0) is 6.18 Å². The number of nitrogens with one attached hydrogen (secondary N) is 1. The Hall–Kier alpha value is -4.32. The first-order chi connectivity index (χ1) is 18.7. The number of alkyl halides is 3. The van der Waals surface area contributed by atoms with Gasteiger partial charge in [0.15, 0.2) is 0 Å². The summed E-state index contributed by atoms with van der Waals surface area (Å²) in [6, 6.07) is 9.71. The summed E-state index contributed by atoms with van der Waals surface area (Å²) in [6.07, 6.45) is 3.01. The average molecular weight is 535 g/mol. The molecule has 2 fully saturated rings. The van der Waals surface area contributed by atoms with Crippen molar-refractivity contribution in [1.82, 2.24) is 29.9 Å². The van der Waals surface area contributed by atoms with Gasteiger partial charge in [-0.25, -0.2) is 9.67 Å². The van der Waals surface area contributed by atoms with Crippen LogP contribution in [0.1, 0.15) is 27.9 Å². The fraction of sp³-hybridized carbons (Fsp3) is 0.296. The molecule has 200 valence electrons. The third-order valence-corrected chi connectivity index (χ3v) is 7.41. The van der Waals surface area contributed by atoms with Crippen molar-refractivity contribution in [3.8, 4) is 16.9 Å². The highest BCUT2D eigenvalue weighted by Gasteiger charge is 2.41. The molecular formula is C27H25F3N8O. The van der Waals surface area contributed by atoms with E-state index in [-0.39, 0.29) is 11.4 Å². The number of likely N-dealkylation sites (N-methyl/N-ethyl adjacent to an activating group) is 1. The molecule has 39 heavy (non-hydrogen) atoms. The van der Waals surface area contributed by atoms with E-state index in [1.165, 1.54) is 0 Å². The number of aromatic nitrogens is 5. The van der Waals surface area contributed by atoms with Crippen LogP contribution in [0.5, 0.6) is 0 Å². The fourth-order valence-electron chi connectivity index (χ4n) is 5.28. The number of pyridine rings is 2. The summed E-state index contributed by atoms with van der Waals surface area (Å²) in [4.78, 5) is 25.9. The Morgan fingerprint density at radius 3 is 2.67 bits per heavy atom. The molecule has 2 aliphatic rings. The Morgan fingerprint density at radius 2 is 1.92 bits per heavy atom. The highest BCUT2D eigenvalue weighted by molar-refractivity contribution is 6.04. The largest absolute Gasteiger partial charge is 0.416 e. The molecule has 6 rings (SSSR count). The lowest BCUT2D eigenvalue weighted by Gasteiger charge is -2.33. The van der Waals surface area contributed by atoms with Crippen LogP contribution in [0.25, 0.3) is 16.9 Å². The molecule has 1 amide bonds. The summed E-state index contributed by atoms with van der Waals surface area (Å²) in [5.41, 5.74) is 3.32. The molecule has 5 heterocycles. The number of rotatable bonds is 5. The van der Waals surface area contributed by atoms with Crippen LogP contribution >= 0.6 is 0 Å². The number of piperazine rings is 1. The summed E-state index contributed by atoms with van der Waals surface area (Å²) in [7, 11) is 2.16. The van der Waals surface area contributed by atoms with E-state index >= 15 is 0 Å². The maximum Gasteiger partial charge on any atom is 0.416 e. The molecule has 2 aliphatic heterocycles. The van der Waals surface area contributed by atoms with Crippen LogP contribution in [0.4, 0.5) is 24.7 Å².